The third-order valence-corrected chi connectivity index (χ3v) is 3.57. The molecule has 1 fully saturated rings. The molecule has 0 spiro atoms. The number of pyridine rings is 1. The van der Waals surface area contributed by atoms with E-state index < -0.39 is 0 Å². The summed E-state index contributed by atoms with van der Waals surface area (Å²) in [6.45, 7) is 4.75. The average Bonchev–Trinajstić information content (AvgIpc) is 2.41. The molecule has 1 amide bonds. The van der Waals surface area contributed by atoms with Gasteiger partial charge in [0.25, 0.3) is 0 Å². The second-order valence-corrected chi connectivity index (χ2v) is 5.62. The first-order chi connectivity index (χ1) is 9.63. The number of carbonyl (C=O) groups is 1. The van der Waals surface area contributed by atoms with Gasteiger partial charge in [-0.2, -0.15) is 0 Å². The molecule has 0 aliphatic carbocycles. The molecule has 1 atom stereocenters. The van der Waals surface area contributed by atoms with E-state index in [0.29, 0.717) is 12.5 Å². The van der Waals surface area contributed by atoms with Crippen LogP contribution in [0.25, 0.3) is 0 Å². The molecule has 134 valence electrons. The van der Waals surface area contributed by atoms with Gasteiger partial charge in [0.15, 0.2) is 0 Å². The minimum absolute atomic E-state index is 0. The number of hydrogen-bond acceptors (Lipinski definition) is 4. The summed E-state index contributed by atoms with van der Waals surface area (Å²) in [5, 5.41) is 3.07. The SMILES string of the molecule is CC(N)CC(=O)NC1CCN(Cc2ccccn2)CC1.Cl.Cl.Cl. The highest BCUT2D eigenvalue weighted by Crippen LogP contribution is 2.13. The van der Waals surface area contributed by atoms with E-state index in [-0.39, 0.29) is 49.2 Å². The molecule has 1 aromatic heterocycles. The molecule has 1 saturated heterocycles. The zero-order valence-electron chi connectivity index (χ0n) is 13.3. The van der Waals surface area contributed by atoms with E-state index in [2.05, 4.69) is 21.3 Å². The van der Waals surface area contributed by atoms with Gasteiger partial charge in [-0.15, -0.1) is 37.2 Å². The molecule has 0 bridgehead atoms. The van der Waals surface area contributed by atoms with Crippen LogP contribution in [-0.2, 0) is 11.3 Å². The lowest BCUT2D eigenvalue weighted by Gasteiger charge is -2.32. The van der Waals surface area contributed by atoms with Gasteiger partial charge in [0.2, 0.25) is 5.91 Å². The van der Waals surface area contributed by atoms with Crippen LogP contribution in [0, 0.1) is 0 Å². The Kier molecular flexibility index (Phi) is 13.7. The third kappa shape index (κ3) is 9.33. The van der Waals surface area contributed by atoms with E-state index in [1.54, 1.807) is 0 Å². The molecule has 0 aromatic carbocycles. The fourth-order valence-corrected chi connectivity index (χ4v) is 2.54. The van der Waals surface area contributed by atoms with Crippen LogP contribution in [0.2, 0.25) is 0 Å². The van der Waals surface area contributed by atoms with Crippen LogP contribution in [0.1, 0.15) is 31.9 Å². The van der Waals surface area contributed by atoms with E-state index >= 15 is 0 Å². The van der Waals surface area contributed by atoms with Crippen LogP contribution >= 0.6 is 37.2 Å². The number of piperidine rings is 1. The van der Waals surface area contributed by atoms with Crippen molar-refractivity contribution in [3.63, 3.8) is 0 Å². The van der Waals surface area contributed by atoms with Gasteiger partial charge in [-0.3, -0.25) is 14.7 Å². The first-order valence-electron chi connectivity index (χ1n) is 7.30. The Hall–Kier alpha value is -0.590. The molecule has 1 aromatic rings. The fraction of sp³-hybridized carbons (Fsp3) is 0.600. The number of halogens is 3. The number of nitrogens with zero attached hydrogens (tertiary/aromatic N) is 2. The minimum atomic E-state index is -0.0701. The molecule has 8 heteroatoms. The summed E-state index contributed by atoms with van der Waals surface area (Å²) in [4.78, 5) is 18.4. The van der Waals surface area contributed by atoms with Gasteiger partial charge in [-0.05, 0) is 31.9 Å². The van der Waals surface area contributed by atoms with Crippen molar-refractivity contribution in [3.05, 3.63) is 30.1 Å². The fourth-order valence-electron chi connectivity index (χ4n) is 2.54. The van der Waals surface area contributed by atoms with Crippen molar-refractivity contribution < 1.29 is 4.79 Å². The summed E-state index contributed by atoms with van der Waals surface area (Å²) in [7, 11) is 0. The zero-order valence-corrected chi connectivity index (χ0v) is 15.8. The van der Waals surface area contributed by atoms with Crippen LogP contribution in [0.5, 0.6) is 0 Å². The molecule has 2 rings (SSSR count). The number of carbonyl (C=O) groups excluding carboxylic acids is 1. The summed E-state index contributed by atoms with van der Waals surface area (Å²) >= 11 is 0. The molecule has 23 heavy (non-hydrogen) atoms. The Morgan fingerprint density at radius 1 is 1.35 bits per heavy atom. The summed E-state index contributed by atoms with van der Waals surface area (Å²) in [5.74, 6) is 0.0724. The van der Waals surface area contributed by atoms with Gasteiger partial charge in [-0.1, -0.05) is 6.07 Å². The molecule has 1 aliphatic rings. The van der Waals surface area contributed by atoms with E-state index in [4.69, 9.17) is 5.73 Å². The Morgan fingerprint density at radius 3 is 2.52 bits per heavy atom. The number of rotatable bonds is 5. The van der Waals surface area contributed by atoms with Crippen LogP contribution in [0.3, 0.4) is 0 Å². The lowest BCUT2D eigenvalue weighted by molar-refractivity contribution is -0.122. The van der Waals surface area contributed by atoms with E-state index in [0.717, 1.165) is 38.2 Å². The largest absolute Gasteiger partial charge is 0.353 e. The highest BCUT2D eigenvalue weighted by molar-refractivity contribution is 5.86. The maximum atomic E-state index is 11.7. The van der Waals surface area contributed by atoms with E-state index in [1.165, 1.54) is 0 Å². The van der Waals surface area contributed by atoms with Crippen LogP contribution in [0.4, 0.5) is 0 Å². The maximum absolute atomic E-state index is 11.7. The van der Waals surface area contributed by atoms with Crippen LogP contribution in [-0.4, -0.2) is 41.0 Å². The summed E-state index contributed by atoms with van der Waals surface area (Å²) in [6, 6.07) is 6.23. The van der Waals surface area contributed by atoms with Crippen molar-refractivity contribution in [2.24, 2.45) is 5.73 Å². The van der Waals surface area contributed by atoms with Crippen molar-refractivity contribution in [1.29, 1.82) is 0 Å². The molecular weight excluding hydrogens is 359 g/mol. The minimum Gasteiger partial charge on any atom is -0.353 e. The van der Waals surface area contributed by atoms with Crippen molar-refractivity contribution in [2.45, 2.75) is 44.8 Å². The molecule has 1 unspecified atom stereocenters. The third-order valence-electron chi connectivity index (χ3n) is 3.57. The second kappa shape index (κ2) is 12.8. The Bertz CT molecular complexity index is 426. The van der Waals surface area contributed by atoms with Gasteiger partial charge in [0.1, 0.15) is 0 Å². The van der Waals surface area contributed by atoms with E-state index in [1.807, 2.05) is 25.3 Å². The van der Waals surface area contributed by atoms with Gasteiger partial charge in [0, 0.05) is 44.3 Å². The van der Waals surface area contributed by atoms with Gasteiger partial charge < -0.3 is 11.1 Å². The first-order valence-corrected chi connectivity index (χ1v) is 7.30. The number of amides is 1. The maximum Gasteiger partial charge on any atom is 0.221 e. The normalized spacial score (nSPS) is 16.3. The smallest absolute Gasteiger partial charge is 0.221 e. The van der Waals surface area contributed by atoms with Crippen LogP contribution in [0.15, 0.2) is 24.4 Å². The monoisotopic (exact) mass is 384 g/mol. The molecule has 2 heterocycles. The van der Waals surface area contributed by atoms with Crippen molar-refractivity contribution in [1.82, 2.24) is 15.2 Å². The molecular formula is C15H27Cl3N4O. The molecule has 0 saturated carbocycles. The van der Waals surface area contributed by atoms with Crippen molar-refractivity contribution in [3.8, 4) is 0 Å². The summed E-state index contributed by atoms with van der Waals surface area (Å²) in [5.41, 5.74) is 6.73. The topological polar surface area (TPSA) is 71.2 Å². The second-order valence-electron chi connectivity index (χ2n) is 5.62. The zero-order chi connectivity index (χ0) is 14.4. The number of likely N-dealkylation sites (tertiary alicyclic amines) is 1. The Balaban J connectivity index is 0. The van der Waals surface area contributed by atoms with Gasteiger partial charge in [-0.25, -0.2) is 0 Å². The summed E-state index contributed by atoms with van der Waals surface area (Å²) in [6.07, 6.45) is 4.24. The molecule has 0 radical (unpaired) electrons. The van der Waals surface area contributed by atoms with Gasteiger partial charge in [0.05, 0.1) is 5.69 Å². The number of nitrogens with two attached hydrogens (primary N) is 1. The van der Waals surface area contributed by atoms with E-state index in [9.17, 15) is 4.79 Å². The van der Waals surface area contributed by atoms with Crippen LogP contribution < -0.4 is 11.1 Å². The highest BCUT2D eigenvalue weighted by Gasteiger charge is 2.21. The molecule has 3 N–H and O–H groups in total. The number of nitrogens with one attached hydrogen (secondary N) is 1. The molecule has 1 aliphatic heterocycles. The van der Waals surface area contributed by atoms with Gasteiger partial charge >= 0.3 is 0 Å². The predicted octanol–water partition coefficient (Wildman–Crippen LogP) is 2.16. The standard InChI is InChI=1S/C15H24N4O.3ClH/c1-12(16)10-15(20)18-13-5-8-19(9-6-13)11-14-4-2-3-7-17-14;;;/h2-4,7,12-13H,5-6,8-11,16H2,1H3,(H,18,20);3*1H. The lowest BCUT2D eigenvalue weighted by Crippen LogP contribution is -2.45. The number of hydrogen-bond donors (Lipinski definition) is 2. The lowest BCUT2D eigenvalue weighted by atomic mass is 10.0. The Morgan fingerprint density at radius 2 is 2.00 bits per heavy atom. The molecule has 5 nitrogen and oxygen atoms in total. The Labute approximate surface area is 157 Å². The first kappa shape index (κ1) is 24.7. The number of aromatic nitrogens is 1. The quantitative estimate of drug-likeness (QED) is 0.815. The highest BCUT2D eigenvalue weighted by atomic mass is 35.5. The average molecular weight is 386 g/mol. The van der Waals surface area contributed by atoms with Crippen molar-refractivity contribution in [2.75, 3.05) is 13.1 Å². The predicted molar refractivity (Wildman–Crippen MR) is 101 cm³/mol. The van der Waals surface area contributed by atoms with Crippen molar-refractivity contribution >= 4 is 43.1 Å². The summed E-state index contributed by atoms with van der Waals surface area (Å²) < 4.78 is 0.